The van der Waals surface area contributed by atoms with Crippen molar-refractivity contribution >= 4 is 16.9 Å². The monoisotopic (exact) mass is 181 g/mol. The predicted octanol–water partition coefficient (Wildman–Crippen LogP) is 1.52. The van der Waals surface area contributed by atoms with Crippen LogP contribution >= 0.6 is 11.8 Å². The van der Waals surface area contributed by atoms with Crippen LogP contribution < -0.4 is 5.73 Å². The molecule has 0 aliphatic rings. The zero-order valence-corrected chi connectivity index (χ0v) is 7.69. The zero-order chi connectivity index (χ0) is 8.97. The molecule has 1 aromatic heterocycles. The molecule has 0 aliphatic carbocycles. The van der Waals surface area contributed by atoms with E-state index in [1.165, 1.54) is 11.8 Å². The minimum atomic E-state index is 0.139. The summed E-state index contributed by atoms with van der Waals surface area (Å²) in [6, 6.07) is 3.90. The Morgan fingerprint density at radius 2 is 2.50 bits per heavy atom. The van der Waals surface area contributed by atoms with E-state index in [2.05, 4.69) is 4.98 Å². The number of nitrogens with two attached hydrogens (primary N) is 1. The van der Waals surface area contributed by atoms with E-state index in [-0.39, 0.29) is 5.17 Å². The summed E-state index contributed by atoms with van der Waals surface area (Å²) < 4.78 is 0. The first-order valence-electron chi connectivity index (χ1n) is 3.57. The Morgan fingerprint density at radius 1 is 1.75 bits per heavy atom. The average Bonchev–Trinajstić information content (AvgIpc) is 2.03. The third-order valence-electron chi connectivity index (χ3n) is 1.48. The normalized spacial score (nSPS) is 9.75. The molecule has 0 saturated carbocycles. The molecule has 0 aromatic carbocycles. The highest BCUT2D eigenvalue weighted by Crippen LogP contribution is 2.12. The van der Waals surface area contributed by atoms with Gasteiger partial charge in [0, 0.05) is 11.9 Å². The van der Waals surface area contributed by atoms with E-state index in [9.17, 15) is 0 Å². The lowest BCUT2D eigenvalue weighted by Gasteiger charge is -2.01. The number of aromatic nitrogens is 1. The molecule has 0 fully saturated rings. The second-order valence-corrected chi connectivity index (χ2v) is 3.44. The molecule has 3 nitrogen and oxygen atoms in total. The van der Waals surface area contributed by atoms with E-state index in [4.69, 9.17) is 11.1 Å². The van der Waals surface area contributed by atoms with E-state index in [0.29, 0.717) is 5.75 Å². The van der Waals surface area contributed by atoms with Crippen LogP contribution in [0.2, 0.25) is 0 Å². The minimum absolute atomic E-state index is 0.139. The van der Waals surface area contributed by atoms with Crippen molar-refractivity contribution < 1.29 is 0 Å². The maximum absolute atomic E-state index is 7.03. The summed E-state index contributed by atoms with van der Waals surface area (Å²) in [5.74, 6) is 0.683. The number of pyridine rings is 1. The summed E-state index contributed by atoms with van der Waals surface area (Å²) in [5, 5.41) is 7.17. The highest BCUT2D eigenvalue weighted by molar-refractivity contribution is 8.13. The molecule has 0 bridgehead atoms. The molecule has 1 heterocycles. The van der Waals surface area contributed by atoms with Gasteiger partial charge in [0.2, 0.25) is 0 Å². The Balaban J connectivity index is 2.63. The summed E-state index contributed by atoms with van der Waals surface area (Å²) in [7, 11) is 0. The van der Waals surface area contributed by atoms with Crippen molar-refractivity contribution in [3.63, 3.8) is 0 Å². The first-order valence-corrected chi connectivity index (χ1v) is 4.56. The highest BCUT2D eigenvalue weighted by Gasteiger charge is 1.99. The topological polar surface area (TPSA) is 62.8 Å². The van der Waals surface area contributed by atoms with Gasteiger partial charge in [-0.15, -0.1) is 0 Å². The number of thioether (sulfide) groups is 1. The van der Waals surface area contributed by atoms with Gasteiger partial charge < -0.3 is 5.73 Å². The maximum Gasteiger partial charge on any atom is 0.151 e. The smallest absolute Gasteiger partial charge is 0.151 e. The number of hydrogen-bond acceptors (Lipinski definition) is 3. The zero-order valence-electron chi connectivity index (χ0n) is 6.87. The molecule has 0 saturated heterocycles. The highest BCUT2D eigenvalue weighted by atomic mass is 32.2. The predicted molar refractivity (Wildman–Crippen MR) is 52.2 cm³/mol. The summed E-state index contributed by atoms with van der Waals surface area (Å²) >= 11 is 1.30. The first-order chi connectivity index (χ1) is 5.70. The average molecular weight is 181 g/mol. The van der Waals surface area contributed by atoms with Crippen LogP contribution in [0.4, 0.5) is 0 Å². The third-order valence-corrected chi connectivity index (χ3v) is 2.21. The van der Waals surface area contributed by atoms with E-state index >= 15 is 0 Å². The number of aryl methyl sites for hydroxylation is 1. The fourth-order valence-corrected chi connectivity index (χ4v) is 1.41. The second kappa shape index (κ2) is 4.11. The maximum atomic E-state index is 7.03. The lowest BCUT2D eigenvalue weighted by Crippen LogP contribution is -2.04. The van der Waals surface area contributed by atoms with Crippen molar-refractivity contribution in [2.45, 2.75) is 12.7 Å². The molecular formula is C8H11N3S. The van der Waals surface area contributed by atoms with Crippen molar-refractivity contribution in [3.05, 3.63) is 29.6 Å². The molecule has 0 amide bonds. The SMILES string of the molecule is Cc1cccnc1CSC(=N)N. The number of nitrogens with one attached hydrogen (secondary N) is 1. The minimum Gasteiger partial charge on any atom is -0.379 e. The molecule has 64 valence electrons. The van der Waals surface area contributed by atoms with Crippen LogP contribution in [-0.4, -0.2) is 10.2 Å². The number of nitrogens with zero attached hydrogens (tertiary/aromatic N) is 1. The summed E-state index contributed by atoms with van der Waals surface area (Å²) in [6.07, 6.45) is 1.75. The Kier molecular flexibility index (Phi) is 3.10. The summed E-state index contributed by atoms with van der Waals surface area (Å²) in [4.78, 5) is 4.18. The summed E-state index contributed by atoms with van der Waals surface area (Å²) in [6.45, 7) is 2.00. The van der Waals surface area contributed by atoms with Gasteiger partial charge in [-0.05, 0) is 18.6 Å². The van der Waals surface area contributed by atoms with Crippen LogP contribution in [0.5, 0.6) is 0 Å². The molecule has 0 aliphatic heterocycles. The van der Waals surface area contributed by atoms with Crippen molar-refractivity contribution in [3.8, 4) is 0 Å². The van der Waals surface area contributed by atoms with Crippen molar-refractivity contribution in [2.24, 2.45) is 5.73 Å². The molecule has 1 rings (SSSR count). The van der Waals surface area contributed by atoms with Gasteiger partial charge in [-0.3, -0.25) is 10.4 Å². The molecule has 0 atom stereocenters. The van der Waals surface area contributed by atoms with Gasteiger partial charge in [-0.25, -0.2) is 0 Å². The molecule has 1 aromatic rings. The quantitative estimate of drug-likeness (QED) is 0.537. The molecule has 0 radical (unpaired) electrons. The molecule has 3 N–H and O–H groups in total. The van der Waals surface area contributed by atoms with Gasteiger partial charge in [0.15, 0.2) is 5.17 Å². The molecule has 4 heteroatoms. The lowest BCUT2D eigenvalue weighted by atomic mass is 10.2. The molecule has 12 heavy (non-hydrogen) atoms. The van der Waals surface area contributed by atoms with E-state index in [1.807, 2.05) is 19.1 Å². The number of hydrogen-bond donors (Lipinski definition) is 2. The van der Waals surface area contributed by atoms with Crippen LogP contribution in [0.25, 0.3) is 0 Å². The van der Waals surface area contributed by atoms with E-state index in [0.717, 1.165) is 11.3 Å². The van der Waals surface area contributed by atoms with Crippen LogP contribution in [0.3, 0.4) is 0 Å². The standard InChI is InChI=1S/C8H11N3S/c1-6-3-2-4-11-7(6)5-12-8(9)10/h2-4H,5H2,1H3,(H3,9,10). The van der Waals surface area contributed by atoms with Gasteiger partial charge >= 0.3 is 0 Å². The Hall–Kier alpha value is -1.03. The lowest BCUT2D eigenvalue weighted by molar-refractivity contribution is 1.13. The van der Waals surface area contributed by atoms with Crippen molar-refractivity contribution in [1.29, 1.82) is 5.41 Å². The number of amidine groups is 1. The Morgan fingerprint density at radius 3 is 3.08 bits per heavy atom. The third kappa shape index (κ3) is 2.54. The molecule has 0 unspecified atom stereocenters. The molecule has 0 spiro atoms. The Labute approximate surface area is 75.9 Å². The van der Waals surface area contributed by atoms with Gasteiger partial charge in [0.05, 0.1) is 5.69 Å². The van der Waals surface area contributed by atoms with Crippen LogP contribution in [0, 0.1) is 12.3 Å². The largest absolute Gasteiger partial charge is 0.379 e. The number of rotatable bonds is 2. The van der Waals surface area contributed by atoms with Gasteiger partial charge in [-0.1, -0.05) is 17.8 Å². The Bertz CT molecular complexity index is 285. The first kappa shape index (κ1) is 9.06. The van der Waals surface area contributed by atoms with Crippen molar-refractivity contribution in [2.75, 3.05) is 0 Å². The van der Waals surface area contributed by atoms with Crippen LogP contribution in [-0.2, 0) is 5.75 Å². The fourth-order valence-electron chi connectivity index (χ4n) is 0.816. The van der Waals surface area contributed by atoms with Crippen molar-refractivity contribution in [1.82, 2.24) is 4.98 Å². The van der Waals surface area contributed by atoms with Crippen LogP contribution in [0.1, 0.15) is 11.3 Å². The fraction of sp³-hybridized carbons (Fsp3) is 0.250. The van der Waals surface area contributed by atoms with Crippen LogP contribution in [0.15, 0.2) is 18.3 Å². The van der Waals surface area contributed by atoms with Gasteiger partial charge in [-0.2, -0.15) is 0 Å². The molecular weight excluding hydrogens is 170 g/mol. The second-order valence-electron chi connectivity index (χ2n) is 2.42. The van der Waals surface area contributed by atoms with Gasteiger partial charge in [0.25, 0.3) is 0 Å². The van der Waals surface area contributed by atoms with Gasteiger partial charge in [0.1, 0.15) is 0 Å². The van der Waals surface area contributed by atoms with E-state index < -0.39 is 0 Å². The van der Waals surface area contributed by atoms with E-state index in [1.54, 1.807) is 6.20 Å². The summed E-state index contributed by atoms with van der Waals surface area (Å²) in [5.41, 5.74) is 7.35.